The van der Waals surface area contributed by atoms with Crippen LogP contribution in [0.15, 0.2) is 95.3 Å². The number of benzene rings is 1. The van der Waals surface area contributed by atoms with Crippen LogP contribution in [-0.2, 0) is 51.8 Å². The molecule has 0 unspecified atom stereocenters. The number of cyclic esters (lactones) is 1. The van der Waals surface area contributed by atoms with E-state index in [0.29, 0.717) is 67.1 Å². The molecule has 7 aliphatic heterocycles. The van der Waals surface area contributed by atoms with E-state index in [2.05, 4.69) is 102 Å². The van der Waals surface area contributed by atoms with E-state index in [1.807, 2.05) is 6.07 Å². The number of esters is 2. The fraction of sp³-hybridized carbons (Fsp3) is 0.723. The Hall–Kier alpha value is -4.81. The number of allylic oxidation sites excluding steroid dienone is 5. The van der Waals surface area contributed by atoms with Gasteiger partial charge in [-0.05, 0) is 233 Å². The maximum Gasteiger partial charge on any atom is 0.339 e. The third-order valence-electron chi connectivity index (χ3n) is 34.5. The van der Waals surface area contributed by atoms with Gasteiger partial charge in [-0.1, -0.05) is 105 Å². The van der Waals surface area contributed by atoms with Gasteiger partial charge in [0.1, 0.15) is 29.7 Å². The lowest BCUT2D eigenvalue weighted by molar-refractivity contribution is -0.315. The number of hydrogen-bond donors (Lipinski definition) is 4. The highest BCUT2D eigenvalue weighted by molar-refractivity contribution is 5.94. The summed E-state index contributed by atoms with van der Waals surface area (Å²) in [5.74, 6) is 7.40. The Kier molecular flexibility index (Phi) is 11.9. The second kappa shape index (κ2) is 19.4. The molecule has 13 nitrogen and oxygen atoms in total. The summed E-state index contributed by atoms with van der Waals surface area (Å²) in [5, 5.41) is 42.5. The fourth-order valence-electron chi connectivity index (χ4n) is 32.1. The Morgan fingerprint density at radius 1 is 0.875 bits per heavy atom. The Morgan fingerprint density at radius 2 is 1.76 bits per heavy atom. The number of rotatable bonds is 8. The number of fused-ring (bicyclic) bond motifs is 6. The van der Waals surface area contributed by atoms with Crippen molar-refractivity contribution < 1.29 is 53.1 Å². The summed E-state index contributed by atoms with van der Waals surface area (Å²) in [6.07, 6.45) is 37.2. The molecule has 1 aromatic carbocycles. The quantitative estimate of drug-likeness (QED) is 0.0849. The zero-order valence-electron chi connectivity index (χ0n) is 56.1. The molecule has 0 amide bonds. The molecule has 96 heavy (non-hydrogen) atoms. The number of aliphatic hydroxyl groups excluding tert-OH is 3. The predicted octanol–water partition coefficient (Wildman–Crippen LogP) is 11.3. The molecule has 13 aliphatic carbocycles. The van der Waals surface area contributed by atoms with E-state index in [9.17, 15) is 10.2 Å². The highest BCUT2D eigenvalue weighted by Crippen LogP contribution is 2.93. The number of nitrogens with zero attached hydrogens (tertiary/aromatic N) is 1. The van der Waals surface area contributed by atoms with E-state index in [1.165, 1.54) is 43.2 Å². The van der Waals surface area contributed by atoms with Crippen LogP contribution in [0.4, 0.5) is 0 Å². The molecule has 9 bridgehead atoms. The van der Waals surface area contributed by atoms with Crippen LogP contribution in [0.3, 0.4) is 0 Å². The minimum Gasteiger partial charge on any atom is -0.469 e. The number of carbonyl (C=O) groups excluding carboxylic acids is 3. The topological polar surface area (TPSA) is 181 Å². The van der Waals surface area contributed by atoms with Gasteiger partial charge >= 0.3 is 11.9 Å². The van der Waals surface area contributed by atoms with Gasteiger partial charge in [0, 0.05) is 52.7 Å². The summed E-state index contributed by atoms with van der Waals surface area (Å²) < 4.78 is 38.7. The molecule has 8 spiro atoms. The lowest BCUT2D eigenvalue weighted by atomic mass is 9.28. The van der Waals surface area contributed by atoms with Crippen LogP contribution in [0, 0.1) is 145 Å². The summed E-state index contributed by atoms with van der Waals surface area (Å²) in [4.78, 5) is 53.8. The average Bonchev–Trinajstić information content (AvgIpc) is 1.41. The van der Waals surface area contributed by atoms with E-state index in [-0.39, 0.29) is 83.0 Å². The Morgan fingerprint density at radius 3 is 2.64 bits per heavy atom. The highest BCUT2D eigenvalue weighted by atomic mass is 16.7. The Balaban J connectivity index is 0.779. The minimum atomic E-state index is -1.58. The molecule has 15 fully saturated rings. The van der Waals surface area contributed by atoms with Crippen LogP contribution in [0.25, 0.3) is 0 Å². The number of furan rings is 1. The van der Waals surface area contributed by atoms with Gasteiger partial charge in [-0.3, -0.25) is 14.9 Å². The van der Waals surface area contributed by atoms with E-state index >= 15 is 19.5 Å². The Labute approximate surface area is 565 Å². The molecule has 13 heteroatoms. The monoisotopic (exact) mass is 1300 g/mol. The Bertz CT molecular complexity index is 3890. The normalized spacial score (nSPS) is 53.8. The fourth-order valence-corrected chi connectivity index (χ4v) is 32.1. The number of hydrogen-bond acceptors (Lipinski definition) is 13. The van der Waals surface area contributed by atoms with Crippen molar-refractivity contribution in [3.8, 4) is 11.8 Å². The highest BCUT2D eigenvalue weighted by Gasteiger charge is 3.01. The van der Waals surface area contributed by atoms with Crippen molar-refractivity contribution in [2.24, 2.45) is 133 Å². The first kappa shape index (κ1) is 58.9. The van der Waals surface area contributed by atoms with Gasteiger partial charge in [0.05, 0.1) is 54.9 Å². The number of ether oxygens (including phenoxy) is 4. The summed E-state index contributed by atoms with van der Waals surface area (Å²) in [6.45, 7) is 3.80. The molecule has 8 heterocycles. The maximum atomic E-state index is 18.4. The third-order valence-corrected chi connectivity index (χ3v) is 34.5. The number of ketones is 1. The van der Waals surface area contributed by atoms with Crippen LogP contribution in [0.2, 0.25) is 0 Å². The molecule has 22 rings (SSSR count). The molecular formula is C83H98N2O11. The van der Waals surface area contributed by atoms with Gasteiger partial charge in [0.15, 0.2) is 17.5 Å². The largest absolute Gasteiger partial charge is 0.469 e. The molecule has 0 radical (unpaired) electrons. The number of nitrogens with one attached hydrogen (secondary N) is 1. The zero-order chi connectivity index (χ0) is 64.1. The molecule has 1 aromatic heterocycles. The SMILES string of the molecule is C[C@]12C[C@H]3C[C@@]45CC6(CCCC6)C[C@@H]4CC4=C[C@H]6[C@]7(CC[C@@H]8C=CC[C@H]9[C@@H]%10CCC[C@@H]%10C=C[C@@]896)O[C@]46[C@H]5C(=O)OC[C@@]64[C@@H]7C(=O)[C@@H](O)[C@@]5([C@H]34)[C@H]3C[C@@H](Cc4ccccc4)CC[C@H]3C#CC[C@@]1(c1ccoc1C[C@@H]([C@@H]1CC[C@H]3[C@H](C=CN4CNC[C@H]34)C1)[C@H](O)CO)OC(=O)[C@H]1O[C@@]152. The standard InChI is InChI=1S/C83H98N2O11/c1-74-38-52-39-76-43-75(25-5-6-26-75)40-55(76)35-54-36-65-77-28-21-48-12-7-15-56(48)59(77)16-8-14-53(77)22-29-79(65)68-66(88)70(89)81(67(52)78(68)44-93-72(90)69(76)82(54,78)96-79)61-33-47(32-46-10-3-2-4-11-46)17-18-49(61)13-9-27-80(74,95-73(91)71-83(74,81)94-71)60-24-31-92-64(60)37-58(63(87)42-86)50-19-20-57-51(34-50)23-30-85-45-84-41-62(57)85/h2-4,8,10-11,14,21,23-24,28,30-31,36,47-53,55-59,61-63,65,67-71,84,86-87,89H,5-7,12,15-20,22,25-27,29,32-35,37-45H2,1H3/t47-,48-,49-,50-,51-,52+,53+,55+,56-,57+,58+,59+,61+,62-,63-,65-,67-,68+,69+,70-,71-,74+,76-,77-,78-,79+,80+,81+,82+,83-/m1/s1. The molecule has 30 atom stereocenters. The van der Waals surface area contributed by atoms with E-state index in [0.717, 1.165) is 109 Å². The van der Waals surface area contributed by atoms with Crippen LogP contribution < -0.4 is 5.32 Å². The van der Waals surface area contributed by atoms with Crippen molar-refractivity contribution in [2.45, 2.75) is 208 Å². The molecule has 10 saturated carbocycles. The zero-order valence-corrected chi connectivity index (χ0v) is 56.1. The van der Waals surface area contributed by atoms with Crippen molar-refractivity contribution in [2.75, 3.05) is 26.4 Å². The molecule has 2 aromatic rings. The molecular weight excluding hydrogens is 1200 g/mol. The lowest BCUT2D eigenvalue weighted by Gasteiger charge is -2.74. The lowest BCUT2D eigenvalue weighted by Crippen LogP contribution is -2.84. The van der Waals surface area contributed by atoms with Crippen molar-refractivity contribution in [3.05, 3.63) is 108 Å². The smallest absolute Gasteiger partial charge is 0.339 e. The molecule has 506 valence electrons. The van der Waals surface area contributed by atoms with E-state index in [1.54, 1.807) is 6.26 Å². The van der Waals surface area contributed by atoms with Crippen molar-refractivity contribution >= 4 is 17.7 Å². The summed E-state index contributed by atoms with van der Waals surface area (Å²) >= 11 is 0. The van der Waals surface area contributed by atoms with Crippen molar-refractivity contribution in [3.63, 3.8) is 0 Å². The summed E-state index contributed by atoms with van der Waals surface area (Å²) in [5.41, 5.74) is -6.46. The van der Waals surface area contributed by atoms with Gasteiger partial charge in [-0.2, -0.15) is 0 Å². The number of carbonyl (C=O) groups is 3. The molecule has 4 N–H and O–H groups in total. The maximum absolute atomic E-state index is 18.4. The van der Waals surface area contributed by atoms with E-state index in [4.69, 9.17) is 23.4 Å². The number of Topliss-reactive ketones (excluding diaryl/α,β-unsaturated/α-hetero) is 1. The van der Waals surface area contributed by atoms with Crippen molar-refractivity contribution in [1.82, 2.24) is 10.2 Å². The summed E-state index contributed by atoms with van der Waals surface area (Å²) in [6, 6.07) is 13.3. The van der Waals surface area contributed by atoms with Crippen LogP contribution in [-0.4, -0.2) is 106 Å². The minimum absolute atomic E-state index is 0.0325. The first-order valence-electron chi connectivity index (χ1n) is 38.8. The van der Waals surface area contributed by atoms with Crippen LogP contribution in [0.1, 0.15) is 165 Å². The van der Waals surface area contributed by atoms with Crippen LogP contribution >= 0.6 is 0 Å². The van der Waals surface area contributed by atoms with Gasteiger partial charge in [0.2, 0.25) is 0 Å². The predicted molar refractivity (Wildman–Crippen MR) is 352 cm³/mol. The number of epoxide rings is 1. The molecule has 5 saturated heterocycles. The van der Waals surface area contributed by atoms with Gasteiger partial charge in [-0.25, -0.2) is 4.79 Å². The van der Waals surface area contributed by atoms with E-state index < -0.39 is 98.6 Å². The van der Waals surface area contributed by atoms with Gasteiger partial charge in [-0.15, -0.1) is 0 Å². The second-order valence-corrected chi connectivity index (χ2v) is 36.8. The third kappa shape index (κ3) is 6.56. The van der Waals surface area contributed by atoms with Gasteiger partial charge in [0.25, 0.3) is 0 Å². The summed E-state index contributed by atoms with van der Waals surface area (Å²) in [7, 11) is 0. The number of aliphatic hydroxyl groups is 3. The van der Waals surface area contributed by atoms with Crippen molar-refractivity contribution in [1.29, 1.82) is 0 Å². The first-order chi connectivity index (χ1) is 46.7. The average molecular weight is 1300 g/mol. The first-order valence-corrected chi connectivity index (χ1v) is 38.8. The molecule has 20 aliphatic rings. The van der Waals surface area contributed by atoms with Gasteiger partial charge < -0.3 is 43.6 Å². The van der Waals surface area contributed by atoms with Crippen LogP contribution in [0.5, 0.6) is 0 Å². The second-order valence-electron chi connectivity index (χ2n) is 36.8.